The second-order valence-electron chi connectivity index (χ2n) is 5.68. The van der Waals surface area contributed by atoms with Crippen LogP contribution >= 0.6 is 15.9 Å². The summed E-state index contributed by atoms with van der Waals surface area (Å²) in [6.07, 6.45) is 2.30. The number of nitrogens with zero attached hydrogens (tertiary/aromatic N) is 1. The molecule has 0 fully saturated rings. The fraction of sp³-hybridized carbons (Fsp3) is 0.625. The van der Waals surface area contributed by atoms with Crippen molar-refractivity contribution in [2.45, 2.75) is 52.6 Å². The Labute approximate surface area is 126 Å². The third-order valence-corrected chi connectivity index (χ3v) is 4.68. The third kappa shape index (κ3) is 4.50. The van der Waals surface area contributed by atoms with Gasteiger partial charge in [0.1, 0.15) is 0 Å². The molecule has 0 unspecified atom stereocenters. The zero-order valence-corrected chi connectivity index (χ0v) is 14.5. The summed E-state index contributed by atoms with van der Waals surface area (Å²) in [5.41, 5.74) is 2.76. The van der Waals surface area contributed by atoms with Gasteiger partial charge in [0.15, 0.2) is 0 Å². The van der Waals surface area contributed by atoms with E-state index in [2.05, 4.69) is 79.1 Å². The molecule has 1 rings (SSSR count). The second-order valence-corrected chi connectivity index (χ2v) is 6.53. The van der Waals surface area contributed by atoms with Crippen LogP contribution in [0.4, 0.5) is 5.69 Å². The van der Waals surface area contributed by atoms with Crippen LogP contribution in [0.1, 0.15) is 46.1 Å². The SMILES string of the molecule is CCCNCc1ccc(N(C)C(C)(C)CC)cc1Br. The maximum atomic E-state index is 3.69. The Morgan fingerprint density at radius 1 is 1.26 bits per heavy atom. The van der Waals surface area contributed by atoms with E-state index in [1.807, 2.05) is 0 Å². The number of anilines is 1. The predicted octanol–water partition coefficient (Wildman–Crippen LogP) is 4.57. The van der Waals surface area contributed by atoms with Crippen LogP contribution < -0.4 is 10.2 Å². The minimum Gasteiger partial charge on any atom is -0.369 e. The normalized spacial score (nSPS) is 11.7. The van der Waals surface area contributed by atoms with Crippen molar-refractivity contribution in [1.29, 1.82) is 0 Å². The van der Waals surface area contributed by atoms with Gasteiger partial charge >= 0.3 is 0 Å². The van der Waals surface area contributed by atoms with Gasteiger partial charge in [0.2, 0.25) is 0 Å². The molecule has 1 N–H and O–H groups in total. The number of hydrogen-bond donors (Lipinski definition) is 1. The zero-order valence-electron chi connectivity index (χ0n) is 12.9. The molecule has 1 aromatic carbocycles. The van der Waals surface area contributed by atoms with Gasteiger partial charge in [0.05, 0.1) is 0 Å². The highest BCUT2D eigenvalue weighted by Crippen LogP contribution is 2.29. The second kappa shape index (κ2) is 7.30. The first-order chi connectivity index (χ1) is 8.92. The zero-order chi connectivity index (χ0) is 14.5. The number of halogens is 1. The Hall–Kier alpha value is -0.540. The predicted molar refractivity (Wildman–Crippen MR) is 88.9 cm³/mol. The molecular weight excluding hydrogens is 300 g/mol. The summed E-state index contributed by atoms with van der Waals surface area (Å²) in [4.78, 5) is 2.35. The van der Waals surface area contributed by atoms with Crippen LogP contribution in [-0.4, -0.2) is 19.1 Å². The summed E-state index contributed by atoms with van der Waals surface area (Å²) in [5, 5.41) is 3.44. The van der Waals surface area contributed by atoms with Crippen LogP contribution in [0.2, 0.25) is 0 Å². The van der Waals surface area contributed by atoms with E-state index in [-0.39, 0.29) is 5.54 Å². The van der Waals surface area contributed by atoms with E-state index >= 15 is 0 Å². The maximum absolute atomic E-state index is 3.69. The van der Waals surface area contributed by atoms with E-state index in [0.29, 0.717) is 0 Å². The van der Waals surface area contributed by atoms with E-state index in [1.54, 1.807) is 0 Å². The minimum atomic E-state index is 0.182. The summed E-state index contributed by atoms with van der Waals surface area (Å²) in [7, 11) is 2.17. The first-order valence-electron chi connectivity index (χ1n) is 7.15. The van der Waals surface area contributed by atoms with Gasteiger partial charge in [-0.2, -0.15) is 0 Å². The summed E-state index contributed by atoms with van der Waals surface area (Å²) in [5.74, 6) is 0. The summed E-state index contributed by atoms with van der Waals surface area (Å²) in [6, 6.07) is 6.65. The van der Waals surface area contributed by atoms with E-state index in [1.165, 1.54) is 22.1 Å². The summed E-state index contributed by atoms with van der Waals surface area (Å²) in [6.45, 7) is 11.0. The average molecular weight is 327 g/mol. The third-order valence-electron chi connectivity index (χ3n) is 3.94. The van der Waals surface area contributed by atoms with Crippen molar-refractivity contribution in [2.75, 3.05) is 18.5 Å². The Balaban J connectivity index is 2.81. The molecule has 0 bridgehead atoms. The van der Waals surface area contributed by atoms with Gasteiger partial charge in [-0.15, -0.1) is 0 Å². The first-order valence-corrected chi connectivity index (χ1v) is 7.94. The summed E-state index contributed by atoms with van der Waals surface area (Å²) < 4.78 is 1.19. The molecular formula is C16H27BrN2. The van der Waals surface area contributed by atoms with Crippen molar-refractivity contribution in [3.8, 4) is 0 Å². The van der Waals surface area contributed by atoms with Crippen LogP contribution in [0.15, 0.2) is 22.7 Å². The average Bonchev–Trinajstić information content (AvgIpc) is 2.40. The molecule has 0 aromatic heterocycles. The molecule has 108 valence electrons. The molecule has 0 radical (unpaired) electrons. The van der Waals surface area contributed by atoms with Crippen LogP contribution in [0, 0.1) is 0 Å². The summed E-state index contributed by atoms with van der Waals surface area (Å²) >= 11 is 3.69. The van der Waals surface area contributed by atoms with Crippen LogP contribution in [0.25, 0.3) is 0 Å². The van der Waals surface area contributed by atoms with Gasteiger partial charge in [0.25, 0.3) is 0 Å². The molecule has 19 heavy (non-hydrogen) atoms. The maximum Gasteiger partial charge on any atom is 0.0379 e. The Morgan fingerprint density at radius 3 is 2.47 bits per heavy atom. The van der Waals surface area contributed by atoms with Crippen molar-refractivity contribution in [2.24, 2.45) is 0 Å². The molecule has 0 saturated heterocycles. The molecule has 1 aromatic rings. The Bertz CT molecular complexity index is 402. The minimum absolute atomic E-state index is 0.182. The fourth-order valence-electron chi connectivity index (χ4n) is 1.87. The lowest BCUT2D eigenvalue weighted by Gasteiger charge is -2.37. The number of hydrogen-bond acceptors (Lipinski definition) is 2. The molecule has 0 saturated carbocycles. The van der Waals surface area contributed by atoms with E-state index < -0.39 is 0 Å². The van der Waals surface area contributed by atoms with Gasteiger partial charge < -0.3 is 10.2 Å². The van der Waals surface area contributed by atoms with Crippen molar-refractivity contribution in [3.05, 3.63) is 28.2 Å². The molecule has 2 nitrogen and oxygen atoms in total. The van der Waals surface area contributed by atoms with Gasteiger partial charge in [0, 0.05) is 29.3 Å². The van der Waals surface area contributed by atoms with Gasteiger partial charge in [-0.05, 0) is 50.9 Å². The van der Waals surface area contributed by atoms with Crippen molar-refractivity contribution in [3.63, 3.8) is 0 Å². The lowest BCUT2D eigenvalue weighted by molar-refractivity contribution is 0.470. The quantitative estimate of drug-likeness (QED) is 0.738. The Kier molecular flexibility index (Phi) is 6.34. The largest absolute Gasteiger partial charge is 0.369 e. The monoisotopic (exact) mass is 326 g/mol. The lowest BCUT2D eigenvalue weighted by atomic mass is 9.99. The van der Waals surface area contributed by atoms with E-state index in [4.69, 9.17) is 0 Å². The van der Waals surface area contributed by atoms with Crippen molar-refractivity contribution in [1.82, 2.24) is 5.32 Å². The molecule has 0 spiro atoms. The molecule has 0 aliphatic carbocycles. The molecule has 0 aliphatic heterocycles. The van der Waals surface area contributed by atoms with Crippen LogP contribution in [0.3, 0.4) is 0 Å². The number of benzene rings is 1. The van der Waals surface area contributed by atoms with Gasteiger partial charge in [-0.25, -0.2) is 0 Å². The smallest absolute Gasteiger partial charge is 0.0379 e. The van der Waals surface area contributed by atoms with Crippen LogP contribution in [-0.2, 0) is 6.54 Å². The number of rotatable bonds is 7. The van der Waals surface area contributed by atoms with Gasteiger partial charge in [-0.1, -0.05) is 35.8 Å². The van der Waals surface area contributed by atoms with E-state index in [9.17, 15) is 0 Å². The Morgan fingerprint density at radius 2 is 1.95 bits per heavy atom. The highest BCUT2D eigenvalue weighted by molar-refractivity contribution is 9.10. The van der Waals surface area contributed by atoms with Crippen molar-refractivity contribution < 1.29 is 0 Å². The van der Waals surface area contributed by atoms with Crippen LogP contribution in [0.5, 0.6) is 0 Å². The highest BCUT2D eigenvalue weighted by Gasteiger charge is 2.21. The highest BCUT2D eigenvalue weighted by atomic mass is 79.9. The standard InChI is InChI=1S/C16H27BrN2/c1-6-10-18-12-13-8-9-14(11-15(13)17)19(5)16(3,4)7-2/h8-9,11,18H,6-7,10,12H2,1-5H3. The molecule has 0 atom stereocenters. The molecule has 0 aliphatic rings. The molecule has 3 heteroatoms. The number of nitrogens with one attached hydrogen (secondary N) is 1. The van der Waals surface area contributed by atoms with E-state index in [0.717, 1.165) is 19.5 Å². The molecule has 0 heterocycles. The molecule has 0 amide bonds. The fourth-order valence-corrected chi connectivity index (χ4v) is 2.38. The first kappa shape index (κ1) is 16.5. The lowest BCUT2D eigenvalue weighted by Crippen LogP contribution is -2.40. The van der Waals surface area contributed by atoms with Gasteiger partial charge in [-0.3, -0.25) is 0 Å². The van der Waals surface area contributed by atoms with Crippen molar-refractivity contribution >= 4 is 21.6 Å². The topological polar surface area (TPSA) is 15.3 Å².